The summed E-state index contributed by atoms with van der Waals surface area (Å²) in [7, 11) is -3.03. The molecule has 1 spiro atoms. The van der Waals surface area contributed by atoms with Crippen molar-refractivity contribution in [3.8, 4) is 0 Å². The Balaban J connectivity index is 1.70. The fourth-order valence-corrected chi connectivity index (χ4v) is 194. The van der Waals surface area contributed by atoms with Crippen molar-refractivity contribution >= 4 is 16.1 Å². The van der Waals surface area contributed by atoms with Crippen LogP contribution < -0.4 is 0 Å². The fraction of sp³-hybridized carbons (Fsp3) is 1.00. The summed E-state index contributed by atoms with van der Waals surface area (Å²) in [5.74, 6) is 3.53. The summed E-state index contributed by atoms with van der Waals surface area (Å²) in [5, 5.41) is 0. The normalized spacial score (nSPS) is 85.1. The van der Waals surface area contributed by atoms with E-state index >= 15 is 0 Å². The first kappa shape index (κ1) is 21.7. The fourth-order valence-electron chi connectivity index (χ4n) is 37.0. The molecule has 202 valence electrons. The Bertz CT molecular complexity index is 1500. The Morgan fingerprint density at radius 2 is 0.571 bits per heavy atom. The maximum atomic E-state index is 3.13. The van der Waals surface area contributed by atoms with Crippen LogP contribution in [0.1, 0.15) is 83.1 Å². The summed E-state index contributed by atoms with van der Waals surface area (Å²) in [6, 6.07) is 0. The molecule has 0 aromatic heterocycles. The van der Waals surface area contributed by atoms with Crippen LogP contribution >= 0.6 is 0 Å². The summed E-state index contributed by atoms with van der Waals surface area (Å²) < 4.78 is 7.43. The van der Waals surface area contributed by atoms with Gasteiger partial charge >= 0.3 is 211 Å². The van der Waals surface area contributed by atoms with Gasteiger partial charge in [0.2, 0.25) is 0 Å². The van der Waals surface area contributed by atoms with Gasteiger partial charge in [0, 0.05) is 0 Å². The van der Waals surface area contributed by atoms with Crippen molar-refractivity contribution in [2.75, 3.05) is 0 Å². The SMILES string of the molecule is CC(C)[C]12[C]3(C)[C]4([Si](C)(C)C)[C]5(C)[C]1(C(C)C)[Fe]35241678[C]2(C)[C]1(C(C)C)[C]6(C(C)C)[C]7(C)[C]28[Si](C)(C)C. The van der Waals surface area contributed by atoms with Gasteiger partial charge in [0.15, 0.2) is 0 Å². The van der Waals surface area contributed by atoms with E-state index in [4.69, 9.17) is 0 Å². The molecule has 0 saturated carbocycles. The Labute approximate surface area is 210 Å². The van der Waals surface area contributed by atoms with Crippen LogP contribution in [0.4, 0.5) is 0 Å². The van der Waals surface area contributed by atoms with Crippen LogP contribution in [-0.2, 0) is 6.51 Å². The van der Waals surface area contributed by atoms with Crippen molar-refractivity contribution in [1.29, 1.82) is 0 Å². The van der Waals surface area contributed by atoms with Crippen molar-refractivity contribution in [2.45, 2.75) is 165 Å². The summed E-state index contributed by atoms with van der Waals surface area (Å²) >= 11 is 0. The topological polar surface area (TPSA) is 0 Å². The number of hydrogen-bond donors (Lipinski definition) is 0. The Morgan fingerprint density at radius 1 is 0.400 bits per heavy atom. The maximum absolute atomic E-state index is 4.86. The molecule has 0 bridgehead atoms. The molecule has 10 rings (SSSR count). The zero-order valence-electron chi connectivity index (χ0n) is 26.7. The molecule has 10 heterocycles. The van der Waals surface area contributed by atoms with Gasteiger partial charge in [-0.2, -0.15) is 0 Å². The van der Waals surface area contributed by atoms with Gasteiger partial charge in [-0.25, -0.2) is 0 Å². The molecule has 0 N–H and O–H groups in total. The average Bonchev–Trinajstić information content (AvgIpc) is 3.57. The second-order valence-corrected chi connectivity index (χ2v) is 54.5. The number of hydrogen-bond acceptors (Lipinski definition) is 0. The van der Waals surface area contributed by atoms with Crippen LogP contribution in [0.25, 0.3) is 0 Å². The minimum atomic E-state index is -4.86. The van der Waals surface area contributed by atoms with Crippen molar-refractivity contribution in [1.82, 2.24) is 0 Å². The van der Waals surface area contributed by atoms with E-state index in [2.05, 4.69) is 122 Å². The molecule has 10 aliphatic rings. The number of fused-ring (bicyclic) bond motifs is 10. The summed E-state index contributed by atoms with van der Waals surface area (Å²) in [6.07, 6.45) is 0. The Kier molecular flexibility index (Phi) is 1.48. The second kappa shape index (κ2) is 2.39. The number of rotatable bonds is 6. The zero-order valence-corrected chi connectivity index (χ0v) is 29.8. The van der Waals surface area contributed by atoms with Gasteiger partial charge < -0.3 is 0 Å². The average molecular weight is 555 g/mol. The second-order valence-electron chi connectivity index (χ2n) is 21.1. The first-order chi connectivity index (χ1) is 15.4. The van der Waals surface area contributed by atoms with E-state index in [1.54, 1.807) is 0 Å². The first-order valence-corrected chi connectivity index (χ1v) is 28.1. The molecule has 0 amide bonds. The van der Waals surface area contributed by atoms with Crippen molar-refractivity contribution < 1.29 is 6.51 Å². The van der Waals surface area contributed by atoms with E-state index in [1.807, 2.05) is 0 Å². The molecule has 0 radical (unpaired) electrons. The Hall–Kier alpha value is 0.953. The van der Waals surface area contributed by atoms with E-state index in [-0.39, 0.29) is 0 Å². The van der Waals surface area contributed by atoms with Crippen LogP contribution in [0.5, 0.6) is 0 Å². The third-order valence-corrected chi connectivity index (χ3v) is 95.7. The first-order valence-electron chi connectivity index (χ1n) is 15.5. The molecule has 35 heavy (non-hydrogen) atoms. The molecule has 0 aromatic rings. The molecule has 0 aliphatic carbocycles. The third kappa shape index (κ3) is 0.259. The van der Waals surface area contributed by atoms with E-state index < -0.39 is 22.7 Å². The van der Waals surface area contributed by atoms with Gasteiger partial charge in [-0.05, 0) is 0 Å². The van der Waals surface area contributed by atoms with Crippen molar-refractivity contribution in [2.24, 2.45) is 23.7 Å². The van der Waals surface area contributed by atoms with E-state index in [0.29, 0.717) is 0 Å². The molecule has 0 nitrogen and oxygen atoms in total. The van der Waals surface area contributed by atoms with E-state index in [1.165, 1.54) is 0 Å². The van der Waals surface area contributed by atoms with Crippen LogP contribution in [0.2, 0.25) is 81.7 Å². The van der Waals surface area contributed by atoms with Gasteiger partial charge in [-0.3, -0.25) is 0 Å². The summed E-state index contributed by atoms with van der Waals surface area (Å²) in [4.78, 5) is 0. The molecule has 8 unspecified atom stereocenters. The molecule has 10 aliphatic heterocycles. The predicted molar refractivity (Wildman–Crippen MR) is 156 cm³/mol. The molecule has 10 fully saturated rings. The molecule has 0 aromatic carbocycles. The third-order valence-electron chi connectivity index (χ3n) is 24.8. The van der Waals surface area contributed by atoms with Crippen LogP contribution in [0.15, 0.2) is 0 Å². The van der Waals surface area contributed by atoms with E-state index in [0.717, 1.165) is 66.1 Å². The van der Waals surface area contributed by atoms with Crippen LogP contribution in [-0.4, -0.2) is 16.1 Å². The zero-order chi connectivity index (χ0) is 26.6. The van der Waals surface area contributed by atoms with Crippen molar-refractivity contribution in [3.05, 3.63) is 0 Å². The summed E-state index contributed by atoms with van der Waals surface area (Å²) in [5.41, 5.74) is 0. The quantitative estimate of drug-likeness (QED) is 0.286. The van der Waals surface area contributed by atoms with Crippen molar-refractivity contribution in [3.63, 3.8) is 0 Å². The molecule has 8 atom stereocenters. The van der Waals surface area contributed by atoms with Gasteiger partial charge in [0.25, 0.3) is 0 Å². The molecular weight excluding hydrogens is 496 g/mol. The van der Waals surface area contributed by atoms with Crippen LogP contribution in [0.3, 0.4) is 0 Å². The molecule has 3 heteroatoms. The predicted octanol–water partition coefficient (Wildman–Crippen LogP) is 11.5. The monoisotopic (exact) mass is 554 g/mol. The van der Waals surface area contributed by atoms with Gasteiger partial charge in [0.1, 0.15) is 0 Å². The molecular formula is C32H58FeSi2. The van der Waals surface area contributed by atoms with Gasteiger partial charge in [-0.15, -0.1) is 0 Å². The summed E-state index contributed by atoms with van der Waals surface area (Å²) in [6.45, 7) is 47.6. The Morgan fingerprint density at radius 3 is 0.686 bits per heavy atom. The van der Waals surface area contributed by atoms with Crippen LogP contribution in [0, 0.1) is 23.7 Å². The molecule has 10 saturated heterocycles. The standard InChI is InChI=1S/2C16H29Si.Fe/c2*1-10(2)14-12(5)16(17(7,8)9)13(6)15(14)11(3)4;/h2*10-11H,1-9H3;. The van der Waals surface area contributed by atoms with E-state index in [9.17, 15) is 0 Å². The minimum absolute atomic E-state index is 0.727. The van der Waals surface area contributed by atoms with Gasteiger partial charge in [0.05, 0.1) is 0 Å². The van der Waals surface area contributed by atoms with Gasteiger partial charge in [-0.1, -0.05) is 0 Å².